The summed E-state index contributed by atoms with van der Waals surface area (Å²) in [4.78, 5) is 40.5. The van der Waals surface area contributed by atoms with E-state index in [4.69, 9.17) is 0 Å². The Kier molecular flexibility index (Phi) is 5.63. The number of piperazine rings is 1. The van der Waals surface area contributed by atoms with Crippen molar-refractivity contribution in [2.45, 2.75) is 13.1 Å². The van der Waals surface area contributed by atoms with E-state index in [1.54, 1.807) is 17.5 Å². The van der Waals surface area contributed by atoms with Crippen LogP contribution in [0.5, 0.6) is 0 Å². The Labute approximate surface area is 187 Å². The first-order valence-electron chi connectivity index (χ1n) is 10.1. The number of thiophene rings is 2. The lowest BCUT2D eigenvalue weighted by molar-refractivity contribution is -0.133. The monoisotopic (exact) mass is 451 g/mol. The molecular formula is C22H21N5O2S2. The molecule has 0 aromatic carbocycles. The van der Waals surface area contributed by atoms with Gasteiger partial charge in [0.15, 0.2) is 0 Å². The summed E-state index contributed by atoms with van der Waals surface area (Å²) in [6, 6.07) is 7.97. The zero-order chi connectivity index (χ0) is 21.2. The van der Waals surface area contributed by atoms with Crippen molar-refractivity contribution < 1.29 is 4.79 Å². The molecule has 4 aromatic rings. The lowest BCUT2D eigenvalue weighted by Gasteiger charge is -2.34. The first-order valence-corrected chi connectivity index (χ1v) is 11.8. The normalized spacial score (nSPS) is 14.9. The fourth-order valence-corrected chi connectivity index (χ4v) is 5.57. The van der Waals surface area contributed by atoms with Gasteiger partial charge in [-0.05, 0) is 23.1 Å². The van der Waals surface area contributed by atoms with Crippen molar-refractivity contribution in [1.82, 2.24) is 24.3 Å². The van der Waals surface area contributed by atoms with Gasteiger partial charge in [0.25, 0.3) is 5.56 Å². The fraction of sp³-hybridized carbons (Fsp3) is 0.273. The Morgan fingerprint density at radius 1 is 1.10 bits per heavy atom. The average molecular weight is 452 g/mol. The van der Waals surface area contributed by atoms with Crippen LogP contribution in [0.1, 0.15) is 5.56 Å². The van der Waals surface area contributed by atoms with Crippen LogP contribution in [0.15, 0.2) is 58.5 Å². The topological polar surface area (TPSA) is 71.3 Å². The van der Waals surface area contributed by atoms with Crippen LogP contribution < -0.4 is 5.56 Å². The first kappa shape index (κ1) is 20.0. The molecule has 1 aliphatic rings. The van der Waals surface area contributed by atoms with E-state index in [-0.39, 0.29) is 18.0 Å². The lowest BCUT2D eigenvalue weighted by Crippen LogP contribution is -2.49. The molecule has 0 bridgehead atoms. The quantitative estimate of drug-likeness (QED) is 0.467. The van der Waals surface area contributed by atoms with E-state index >= 15 is 0 Å². The smallest absolute Gasteiger partial charge is 0.263 e. The highest BCUT2D eigenvalue weighted by Crippen LogP contribution is 2.33. The highest BCUT2D eigenvalue weighted by Gasteiger charge is 2.22. The van der Waals surface area contributed by atoms with Crippen molar-refractivity contribution in [3.63, 3.8) is 0 Å². The van der Waals surface area contributed by atoms with Crippen molar-refractivity contribution >= 4 is 38.8 Å². The third kappa shape index (κ3) is 4.16. The van der Waals surface area contributed by atoms with Gasteiger partial charge in [0.1, 0.15) is 11.4 Å². The Hall–Kier alpha value is -2.88. The molecule has 7 nitrogen and oxygen atoms in total. The molecule has 0 spiro atoms. The van der Waals surface area contributed by atoms with Crippen LogP contribution >= 0.6 is 22.7 Å². The molecule has 1 aliphatic heterocycles. The number of hydrogen-bond donors (Lipinski definition) is 0. The van der Waals surface area contributed by atoms with Gasteiger partial charge in [0.2, 0.25) is 5.91 Å². The molecule has 0 saturated carbocycles. The van der Waals surface area contributed by atoms with Crippen LogP contribution in [-0.4, -0.2) is 56.4 Å². The minimum Gasteiger partial charge on any atom is -0.339 e. The molecule has 1 fully saturated rings. The molecule has 1 saturated heterocycles. The second kappa shape index (κ2) is 8.70. The molecule has 31 heavy (non-hydrogen) atoms. The minimum absolute atomic E-state index is 0.0180. The van der Waals surface area contributed by atoms with E-state index in [0.717, 1.165) is 30.1 Å². The fourth-order valence-electron chi connectivity index (χ4n) is 3.84. The molecule has 0 aliphatic carbocycles. The van der Waals surface area contributed by atoms with Gasteiger partial charge in [-0.3, -0.25) is 24.0 Å². The number of pyridine rings is 1. The van der Waals surface area contributed by atoms with Crippen LogP contribution in [0.3, 0.4) is 0 Å². The van der Waals surface area contributed by atoms with Crippen molar-refractivity contribution in [3.8, 4) is 10.4 Å². The third-order valence-corrected chi connectivity index (χ3v) is 7.30. The van der Waals surface area contributed by atoms with Gasteiger partial charge < -0.3 is 4.90 Å². The first-order chi connectivity index (χ1) is 15.2. The van der Waals surface area contributed by atoms with Gasteiger partial charge >= 0.3 is 0 Å². The maximum atomic E-state index is 13.1. The Morgan fingerprint density at radius 3 is 2.71 bits per heavy atom. The summed E-state index contributed by atoms with van der Waals surface area (Å²) < 4.78 is 1.44. The zero-order valence-corrected chi connectivity index (χ0v) is 18.4. The highest BCUT2D eigenvalue weighted by atomic mass is 32.1. The van der Waals surface area contributed by atoms with Crippen LogP contribution in [0, 0.1) is 0 Å². The summed E-state index contributed by atoms with van der Waals surface area (Å²) in [5, 5.41) is 4.56. The number of nitrogens with zero attached hydrogens (tertiary/aromatic N) is 5. The summed E-state index contributed by atoms with van der Waals surface area (Å²) >= 11 is 3.05. The van der Waals surface area contributed by atoms with E-state index in [1.807, 2.05) is 40.1 Å². The molecule has 5 heterocycles. The highest BCUT2D eigenvalue weighted by molar-refractivity contribution is 7.18. The number of fused-ring (bicyclic) bond motifs is 1. The molecule has 9 heteroatoms. The van der Waals surface area contributed by atoms with Crippen LogP contribution in [0.4, 0.5) is 0 Å². The molecule has 0 atom stereocenters. The number of hydrogen-bond acceptors (Lipinski definition) is 7. The van der Waals surface area contributed by atoms with Gasteiger partial charge in [0.05, 0.1) is 11.7 Å². The van der Waals surface area contributed by atoms with Gasteiger partial charge in [-0.25, -0.2) is 4.98 Å². The van der Waals surface area contributed by atoms with Gasteiger partial charge in [-0.2, -0.15) is 0 Å². The number of amides is 1. The summed E-state index contributed by atoms with van der Waals surface area (Å²) in [5.41, 5.74) is 1.92. The van der Waals surface area contributed by atoms with Crippen molar-refractivity contribution in [2.75, 3.05) is 26.2 Å². The Balaban J connectivity index is 1.27. The SMILES string of the molecule is O=C(Cn1cnc2scc(-c3cccs3)c2c1=O)N1CCN(Cc2cccnc2)CC1. The van der Waals surface area contributed by atoms with E-state index in [0.29, 0.717) is 23.3 Å². The third-order valence-electron chi connectivity index (χ3n) is 5.51. The molecule has 158 valence electrons. The number of rotatable bonds is 5. The molecule has 0 radical (unpaired) electrons. The summed E-state index contributed by atoms with van der Waals surface area (Å²) in [7, 11) is 0. The maximum Gasteiger partial charge on any atom is 0.263 e. The van der Waals surface area contributed by atoms with Crippen molar-refractivity contribution in [1.29, 1.82) is 0 Å². The van der Waals surface area contributed by atoms with Crippen LogP contribution in [-0.2, 0) is 17.9 Å². The van der Waals surface area contributed by atoms with Gasteiger partial charge in [-0.1, -0.05) is 12.1 Å². The number of carbonyl (C=O) groups is 1. The molecule has 5 rings (SSSR count). The predicted octanol–water partition coefficient (Wildman–Crippen LogP) is 2.93. The number of carbonyl (C=O) groups excluding carboxylic acids is 1. The van der Waals surface area contributed by atoms with Gasteiger partial charge in [0, 0.05) is 60.9 Å². The van der Waals surface area contributed by atoms with Crippen LogP contribution in [0.2, 0.25) is 0 Å². The molecule has 0 unspecified atom stereocenters. The predicted molar refractivity (Wildman–Crippen MR) is 123 cm³/mol. The lowest BCUT2D eigenvalue weighted by atomic mass is 10.2. The standard InChI is InChI=1S/C22H21N5O2S2/c28-19(26-8-6-25(7-9-26)12-16-3-1-5-23-11-16)13-27-15-24-21-20(22(27)29)17(14-31-21)18-4-2-10-30-18/h1-5,10-11,14-15H,6-9,12-13H2. The summed E-state index contributed by atoms with van der Waals surface area (Å²) in [6.45, 7) is 3.77. The average Bonchev–Trinajstić information content (AvgIpc) is 3.47. The maximum absolute atomic E-state index is 13.1. The van der Waals surface area contributed by atoms with Crippen LogP contribution in [0.25, 0.3) is 20.7 Å². The second-order valence-corrected chi connectivity index (χ2v) is 9.31. The number of aromatic nitrogens is 3. The Morgan fingerprint density at radius 2 is 1.97 bits per heavy atom. The molecular weight excluding hydrogens is 430 g/mol. The Bertz CT molecular complexity index is 1240. The van der Waals surface area contributed by atoms with E-state index in [2.05, 4.69) is 20.9 Å². The summed E-state index contributed by atoms with van der Waals surface area (Å²) in [6.07, 6.45) is 5.14. The van der Waals surface area contributed by atoms with Crippen molar-refractivity contribution in [2.24, 2.45) is 0 Å². The zero-order valence-electron chi connectivity index (χ0n) is 16.8. The largest absolute Gasteiger partial charge is 0.339 e. The second-order valence-electron chi connectivity index (χ2n) is 7.50. The molecule has 1 amide bonds. The minimum atomic E-state index is -0.154. The van der Waals surface area contributed by atoms with Crippen molar-refractivity contribution in [3.05, 3.63) is 69.7 Å². The van der Waals surface area contributed by atoms with E-state index < -0.39 is 0 Å². The van der Waals surface area contributed by atoms with E-state index in [1.165, 1.54) is 27.8 Å². The molecule has 0 N–H and O–H groups in total. The molecule has 4 aromatic heterocycles. The van der Waals surface area contributed by atoms with Gasteiger partial charge in [-0.15, -0.1) is 22.7 Å². The summed E-state index contributed by atoms with van der Waals surface area (Å²) in [5.74, 6) is -0.0443. The van der Waals surface area contributed by atoms with E-state index in [9.17, 15) is 9.59 Å².